The Morgan fingerprint density at radius 2 is 2.15 bits per heavy atom. The van der Waals surface area contributed by atoms with E-state index in [1.54, 1.807) is 6.92 Å². The summed E-state index contributed by atoms with van der Waals surface area (Å²) in [4.78, 5) is 14.6. The van der Waals surface area contributed by atoms with Crippen LogP contribution in [0.25, 0.3) is 0 Å². The fourth-order valence-electron chi connectivity index (χ4n) is 1.32. The van der Waals surface area contributed by atoms with Crippen LogP contribution in [0.4, 0.5) is 13.2 Å². The van der Waals surface area contributed by atoms with Crippen LogP contribution >= 0.6 is 0 Å². The van der Waals surface area contributed by atoms with Crippen LogP contribution in [0.3, 0.4) is 0 Å². The summed E-state index contributed by atoms with van der Waals surface area (Å²) < 4.78 is 47.4. The summed E-state index contributed by atoms with van der Waals surface area (Å²) in [6, 6.07) is 0.823. The number of carbonyl (C=O) groups is 1. The lowest BCUT2D eigenvalue weighted by Crippen LogP contribution is -2.09. The summed E-state index contributed by atoms with van der Waals surface area (Å²) in [5.41, 5.74) is -0.967. The molecule has 0 atom stereocenters. The van der Waals surface area contributed by atoms with E-state index >= 15 is 0 Å². The van der Waals surface area contributed by atoms with Gasteiger partial charge in [0.1, 0.15) is 12.0 Å². The van der Waals surface area contributed by atoms with Gasteiger partial charge >= 0.3 is 12.1 Å². The largest absolute Gasteiger partial charge is 0.481 e. The summed E-state index contributed by atoms with van der Waals surface area (Å²) in [6.07, 6.45) is -3.63. The minimum absolute atomic E-state index is 0.0439. The molecule has 0 bridgehead atoms. The Kier molecular flexibility index (Phi) is 5.38. The second-order valence-electron chi connectivity index (χ2n) is 3.56. The maximum absolute atomic E-state index is 12.7. The lowest BCUT2D eigenvalue weighted by molar-refractivity contribution is -0.142. The van der Waals surface area contributed by atoms with Gasteiger partial charge in [0.05, 0.1) is 13.7 Å². The van der Waals surface area contributed by atoms with E-state index in [9.17, 15) is 18.0 Å². The number of pyridine rings is 1. The van der Waals surface area contributed by atoms with Crippen molar-refractivity contribution in [1.82, 2.24) is 4.98 Å². The highest BCUT2D eigenvalue weighted by Crippen LogP contribution is 2.35. The van der Waals surface area contributed by atoms with Crippen LogP contribution in [0.2, 0.25) is 0 Å². The smallest absolute Gasteiger partial charge is 0.421 e. The number of halogens is 3. The zero-order valence-electron chi connectivity index (χ0n) is 10.9. The molecule has 1 heterocycles. The zero-order valence-corrected chi connectivity index (χ0v) is 10.9. The minimum atomic E-state index is -4.59. The monoisotopic (exact) mass is 287 g/mol. The topological polar surface area (TPSA) is 48.4 Å². The van der Waals surface area contributed by atoms with Crippen molar-refractivity contribution in [2.24, 2.45) is 0 Å². The van der Waals surface area contributed by atoms with Crippen LogP contribution in [0, 0.1) is 11.8 Å². The molecule has 0 aromatic carbocycles. The molecular formula is C13H12F3NO3. The van der Waals surface area contributed by atoms with E-state index in [4.69, 9.17) is 0 Å². The molecule has 108 valence electrons. The molecule has 0 saturated heterocycles. The van der Waals surface area contributed by atoms with E-state index in [-0.39, 0.29) is 18.6 Å². The maximum atomic E-state index is 12.7. The van der Waals surface area contributed by atoms with Crippen molar-refractivity contribution in [2.75, 3.05) is 13.7 Å². The number of rotatable bonds is 3. The molecule has 0 radical (unpaired) electrons. The van der Waals surface area contributed by atoms with Gasteiger partial charge in [-0.1, -0.05) is 11.8 Å². The number of hydrogen-bond donors (Lipinski definition) is 0. The molecular weight excluding hydrogens is 275 g/mol. The molecule has 0 saturated carbocycles. The number of nitrogens with zero attached hydrogens (tertiary/aromatic N) is 1. The molecule has 0 aliphatic carbocycles. The quantitative estimate of drug-likeness (QED) is 0.633. The van der Waals surface area contributed by atoms with Gasteiger partial charge in [0, 0.05) is 11.8 Å². The highest BCUT2D eigenvalue weighted by molar-refractivity contribution is 5.72. The van der Waals surface area contributed by atoms with Gasteiger partial charge in [-0.05, 0) is 13.0 Å². The normalized spacial score (nSPS) is 10.4. The first-order valence-corrected chi connectivity index (χ1v) is 5.64. The van der Waals surface area contributed by atoms with Crippen molar-refractivity contribution < 1.29 is 27.4 Å². The second-order valence-corrected chi connectivity index (χ2v) is 3.56. The van der Waals surface area contributed by atoms with Gasteiger partial charge in [-0.3, -0.25) is 4.79 Å². The first-order valence-electron chi connectivity index (χ1n) is 5.64. The van der Waals surface area contributed by atoms with E-state index in [2.05, 4.69) is 26.3 Å². The summed E-state index contributed by atoms with van der Waals surface area (Å²) in [6.45, 7) is 1.87. The number of methoxy groups -OCH3 is 1. The molecule has 1 rings (SSSR count). The van der Waals surface area contributed by atoms with Crippen LogP contribution in [-0.4, -0.2) is 24.7 Å². The van der Waals surface area contributed by atoms with Gasteiger partial charge in [-0.2, -0.15) is 13.2 Å². The number of alkyl halides is 3. The summed E-state index contributed by atoms with van der Waals surface area (Å²) in [7, 11) is 1.10. The summed E-state index contributed by atoms with van der Waals surface area (Å²) in [5, 5.41) is 0. The predicted molar refractivity (Wildman–Crippen MR) is 63.9 cm³/mol. The fourth-order valence-corrected chi connectivity index (χ4v) is 1.32. The highest BCUT2D eigenvalue weighted by atomic mass is 19.4. The van der Waals surface area contributed by atoms with Gasteiger partial charge < -0.3 is 9.47 Å². The Bertz CT molecular complexity index is 544. The standard InChI is InChI=1S/C13H12F3NO3/c1-3-20-11(18)6-4-5-9-7-10(13(14,15)16)12(19-2)17-8-9/h7-8H,3,6H2,1-2H3. The Labute approximate surface area is 113 Å². The van der Waals surface area contributed by atoms with E-state index in [1.165, 1.54) is 0 Å². The predicted octanol–water partition coefficient (Wildman–Crippen LogP) is 2.41. The third-order valence-corrected chi connectivity index (χ3v) is 2.12. The molecule has 20 heavy (non-hydrogen) atoms. The maximum Gasteiger partial charge on any atom is 0.421 e. The Balaban J connectivity index is 2.93. The molecule has 7 heteroatoms. The average molecular weight is 287 g/mol. The van der Waals surface area contributed by atoms with Crippen molar-refractivity contribution >= 4 is 5.97 Å². The zero-order chi connectivity index (χ0) is 15.2. The van der Waals surface area contributed by atoms with Crippen LogP contribution in [0.15, 0.2) is 12.3 Å². The fraction of sp³-hybridized carbons (Fsp3) is 0.385. The van der Waals surface area contributed by atoms with Crippen molar-refractivity contribution in [3.8, 4) is 17.7 Å². The molecule has 4 nitrogen and oxygen atoms in total. The number of ether oxygens (including phenoxy) is 2. The number of hydrogen-bond acceptors (Lipinski definition) is 4. The van der Waals surface area contributed by atoms with Gasteiger partial charge in [0.15, 0.2) is 0 Å². The Morgan fingerprint density at radius 1 is 1.45 bits per heavy atom. The van der Waals surface area contributed by atoms with E-state index in [0.29, 0.717) is 0 Å². The third-order valence-electron chi connectivity index (χ3n) is 2.12. The second kappa shape index (κ2) is 6.80. The molecule has 0 unspecified atom stereocenters. The van der Waals surface area contributed by atoms with Gasteiger partial charge in [-0.25, -0.2) is 4.98 Å². The van der Waals surface area contributed by atoms with E-state index < -0.39 is 23.6 Å². The molecule has 0 aliphatic rings. The van der Waals surface area contributed by atoms with Crippen LogP contribution in [-0.2, 0) is 15.7 Å². The van der Waals surface area contributed by atoms with Crippen molar-refractivity contribution in [2.45, 2.75) is 19.5 Å². The molecule has 0 N–H and O–H groups in total. The molecule has 1 aromatic rings. The molecule has 0 amide bonds. The van der Waals surface area contributed by atoms with E-state index in [1.807, 2.05) is 0 Å². The lowest BCUT2D eigenvalue weighted by atomic mass is 10.2. The summed E-state index contributed by atoms with van der Waals surface area (Å²) >= 11 is 0. The lowest BCUT2D eigenvalue weighted by Gasteiger charge is -2.10. The SMILES string of the molecule is CCOC(=O)CC#Cc1cnc(OC)c(C(F)(F)F)c1. The molecule has 1 aromatic heterocycles. The van der Waals surface area contributed by atoms with Gasteiger partial charge in [0.25, 0.3) is 0 Å². The third kappa shape index (κ3) is 4.46. The number of carbonyl (C=O) groups excluding carboxylic acids is 1. The van der Waals surface area contributed by atoms with E-state index in [0.717, 1.165) is 19.4 Å². The minimum Gasteiger partial charge on any atom is -0.481 e. The van der Waals surface area contributed by atoms with Crippen LogP contribution in [0.5, 0.6) is 5.88 Å². The number of aromatic nitrogens is 1. The van der Waals surface area contributed by atoms with Crippen molar-refractivity contribution in [1.29, 1.82) is 0 Å². The molecule has 0 spiro atoms. The van der Waals surface area contributed by atoms with Crippen molar-refractivity contribution in [3.63, 3.8) is 0 Å². The highest BCUT2D eigenvalue weighted by Gasteiger charge is 2.35. The van der Waals surface area contributed by atoms with Gasteiger partial charge in [0.2, 0.25) is 5.88 Å². The average Bonchev–Trinajstić information content (AvgIpc) is 2.38. The van der Waals surface area contributed by atoms with Gasteiger partial charge in [-0.15, -0.1) is 0 Å². The first kappa shape index (κ1) is 15.8. The Hall–Kier alpha value is -2.23. The Morgan fingerprint density at radius 3 is 2.70 bits per heavy atom. The number of esters is 1. The molecule has 0 fully saturated rings. The van der Waals surface area contributed by atoms with Crippen LogP contribution in [0.1, 0.15) is 24.5 Å². The van der Waals surface area contributed by atoms with Crippen molar-refractivity contribution in [3.05, 3.63) is 23.4 Å². The summed E-state index contributed by atoms with van der Waals surface area (Å²) in [5.74, 6) is 3.81. The molecule has 0 aliphatic heterocycles. The first-order chi connectivity index (χ1) is 9.38. The van der Waals surface area contributed by atoms with Crippen LogP contribution < -0.4 is 4.74 Å².